The second kappa shape index (κ2) is 4.90. The van der Waals surface area contributed by atoms with Gasteiger partial charge in [0.15, 0.2) is 0 Å². The first-order valence-corrected chi connectivity index (χ1v) is 5.28. The average molecular weight is 219 g/mol. The largest absolute Gasteiger partial charge is 0.330 e. The maximum absolute atomic E-state index is 13.8. The zero-order chi connectivity index (χ0) is 11.4. The average Bonchev–Trinajstić information content (AvgIpc) is 2.80. The zero-order valence-corrected chi connectivity index (χ0v) is 8.94. The molecule has 2 rings (SSSR count). The minimum Gasteiger partial charge on any atom is -0.330 e. The van der Waals surface area contributed by atoms with E-state index >= 15 is 0 Å². The van der Waals surface area contributed by atoms with Crippen LogP contribution in [0.5, 0.6) is 0 Å². The molecule has 0 saturated heterocycles. The van der Waals surface area contributed by atoms with Crippen molar-refractivity contribution in [1.82, 2.24) is 9.55 Å². The van der Waals surface area contributed by atoms with Crippen molar-refractivity contribution in [3.63, 3.8) is 0 Å². The van der Waals surface area contributed by atoms with Gasteiger partial charge in [-0.25, -0.2) is 9.37 Å². The fraction of sp³-hybridized carbons (Fsp3) is 0.250. The number of rotatable bonds is 4. The molecule has 0 aliphatic carbocycles. The van der Waals surface area contributed by atoms with Crippen LogP contribution >= 0.6 is 0 Å². The van der Waals surface area contributed by atoms with Crippen LogP contribution in [0.15, 0.2) is 36.9 Å². The summed E-state index contributed by atoms with van der Waals surface area (Å²) >= 11 is 0. The fourth-order valence-electron chi connectivity index (χ4n) is 1.62. The van der Waals surface area contributed by atoms with Crippen molar-refractivity contribution in [3.8, 4) is 5.69 Å². The summed E-state index contributed by atoms with van der Waals surface area (Å²) in [5, 5.41) is 0. The van der Waals surface area contributed by atoms with E-state index in [-0.39, 0.29) is 5.82 Å². The number of hydrogen-bond donors (Lipinski definition) is 1. The lowest BCUT2D eigenvalue weighted by Crippen LogP contribution is -2.01. The van der Waals surface area contributed by atoms with Crippen LogP contribution in [0.25, 0.3) is 5.69 Å². The Morgan fingerprint density at radius 1 is 1.38 bits per heavy atom. The summed E-state index contributed by atoms with van der Waals surface area (Å²) < 4.78 is 15.4. The van der Waals surface area contributed by atoms with Gasteiger partial charge in [-0.3, -0.25) is 0 Å². The Morgan fingerprint density at radius 2 is 2.25 bits per heavy atom. The van der Waals surface area contributed by atoms with E-state index in [0.29, 0.717) is 12.2 Å². The maximum Gasteiger partial charge on any atom is 0.147 e. The molecule has 0 aliphatic heterocycles. The van der Waals surface area contributed by atoms with E-state index in [4.69, 9.17) is 5.73 Å². The number of nitrogens with two attached hydrogens (primary N) is 1. The topological polar surface area (TPSA) is 43.8 Å². The molecule has 4 heteroatoms. The third-order valence-corrected chi connectivity index (χ3v) is 2.46. The maximum atomic E-state index is 13.8. The molecule has 0 unspecified atom stereocenters. The second-order valence-electron chi connectivity index (χ2n) is 3.65. The molecule has 0 fully saturated rings. The minimum atomic E-state index is -0.229. The number of aryl methyl sites for hydroxylation is 1. The van der Waals surface area contributed by atoms with E-state index in [1.165, 1.54) is 0 Å². The number of imidazole rings is 1. The highest BCUT2D eigenvalue weighted by Crippen LogP contribution is 2.15. The van der Waals surface area contributed by atoms with Crippen LogP contribution in [0.4, 0.5) is 4.39 Å². The third-order valence-electron chi connectivity index (χ3n) is 2.46. The predicted molar refractivity (Wildman–Crippen MR) is 60.9 cm³/mol. The molecule has 1 heterocycles. The molecular formula is C12H14FN3. The highest BCUT2D eigenvalue weighted by molar-refractivity contribution is 5.36. The number of hydrogen-bond acceptors (Lipinski definition) is 2. The summed E-state index contributed by atoms with van der Waals surface area (Å²) in [4.78, 5) is 3.89. The van der Waals surface area contributed by atoms with Gasteiger partial charge >= 0.3 is 0 Å². The Balaban J connectivity index is 2.23. The van der Waals surface area contributed by atoms with Gasteiger partial charge in [0.05, 0.1) is 12.0 Å². The summed E-state index contributed by atoms with van der Waals surface area (Å²) in [6.45, 7) is 0.630. The van der Waals surface area contributed by atoms with Crippen LogP contribution in [-0.2, 0) is 6.42 Å². The minimum absolute atomic E-state index is 0.229. The van der Waals surface area contributed by atoms with E-state index < -0.39 is 0 Å². The van der Waals surface area contributed by atoms with Crippen molar-refractivity contribution >= 4 is 0 Å². The van der Waals surface area contributed by atoms with Gasteiger partial charge in [0.25, 0.3) is 0 Å². The van der Waals surface area contributed by atoms with Gasteiger partial charge in [0.2, 0.25) is 0 Å². The van der Waals surface area contributed by atoms with E-state index in [0.717, 1.165) is 18.4 Å². The van der Waals surface area contributed by atoms with E-state index in [1.807, 2.05) is 6.07 Å². The van der Waals surface area contributed by atoms with Crippen molar-refractivity contribution in [1.29, 1.82) is 0 Å². The molecule has 2 aromatic rings. The van der Waals surface area contributed by atoms with Crippen LogP contribution < -0.4 is 5.73 Å². The Morgan fingerprint density at radius 3 is 2.88 bits per heavy atom. The third kappa shape index (κ3) is 2.28. The molecule has 0 aliphatic rings. The number of nitrogens with zero attached hydrogens (tertiary/aromatic N) is 2. The highest BCUT2D eigenvalue weighted by atomic mass is 19.1. The van der Waals surface area contributed by atoms with Gasteiger partial charge in [0, 0.05) is 12.4 Å². The van der Waals surface area contributed by atoms with Crippen LogP contribution in [0.2, 0.25) is 0 Å². The molecule has 3 nitrogen and oxygen atoms in total. The summed E-state index contributed by atoms with van der Waals surface area (Å²) in [5.74, 6) is -0.229. The monoisotopic (exact) mass is 219 g/mol. The van der Waals surface area contributed by atoms with E-state index in [1.54, 1.807) is 35.4 Å². The van der Waals surface area contributed by atoms with Crippen LogP contribution in [-0.4, -0.2) is 16.1 Å². The molecule has 0 atom stereocenters. The van der Waals surface area contributed by atoms with Crippen LogP contribution in [0, 0.1) is 5.82 Å². The van der Waals surface area contributed by atoms with Crippen molar-refractivity contribution in [3.05, 3.63) is 48.3 Å². The first-order valence-electron chi connectivity index (χ1n) is 5.28. The first-order chi connectivity index (χ1) is 7.81. The standard InChI is InChI=1S/C12H14FN3/c13-11-8-10(2-1-5-14)3-4-12(11)16-7-6-15-9-16/h3-4,6-9H,1-2,5,14H2. The number of aromatic nitrogens is 2. The Labute approximate surface area is 93.7 Å². The SMILES string of the molecule is NCCCc1ccc(-n2ccnc2)c(F)c1. The summed E-state index contributed by atoms with van der Waals surface area (Å²) in [6, 6.07) is 5.25. The second-order valence-corrected chi connectivity index (χ2v) is 3.65. The molecule has 0 bridgehead atoms. The van der Waals surface area contributed by atoms with Gasteiger partial charge in [0.1, 0.15) is 5.82 Å². The molecule has 0 spiro atoms. The van der Waals surface area contributed by atoms with Crippen molar-refractivity contribution in [2.24, 2.45) is 5.73 Å². The molecule has 16 heavy (non-hydrogen) atoms. The molecule has 1 aromatic carbocycles. The Bertz CT molecular complexity index is 451. The van der Waals surface area contributed by atoms with Crippen molar-refractivity contribution in [2.75, 3.05) is 6.54 Å². The van der Waals surface area contributed by atoms with Gasteiger partial charge in [-0.2, -0.15) is 0 Å². The predicted octanol–water partition coefficient (Wildman–Crippen LogP) is 1.90. The van der Waals surface area contributed by atoms with E-state index in [2.05, 4.69) is 4.98 Å². The number of halogens is 1. The lowest BCUT2D eigenvalue weighted by Gasteiger charge is -2.06. The van der Waals surface area contributed by atoms with Crippen molar-refractivity contribution in [2.45, 2.75) is 12.8 Å². The summed E-state index contributed by atoms with van der Waals surface area (Å²) in [6.07, 6.45) is 6.62. The lowest BCUT2D eigenvalue weighted by atomic mass is 10.1. The van der Waals surface area contributed by atoms with Gasteiger partial charge in [-0.05, 0) is 37.1 Å². The first kappa shape index (κ1) is 10.8. The molecule has 1 aromatic heterocycles. The van der Waals surface area contributed by atoms with Gasteiger partial charge in [-0.1, -0.05) is 6.07 Å². The molecule has 2 N–H and O–H groups in total. The quantitative estimate of drug-likeness (QED) is 0.853. The van der Waals surface area contributed by atoms with E-state index in [9.17, 15) is 4.39 Å². The van der Waals surface area contributed by atoms with Crippen molar-refractivity contribution < 1.29 is 4.39 Å². The van der Waals surface area contributed by atoms with Gasteiger partial charge in [-0.15, -0.1) is 0 Å². The highest BCUT2D eigenvalue weighted by Gasteiger charge is 2.04. The fourth-order valence-corrected chi connectivity index (χ4v) is 1.62. The summed E-state index contributed by atoms with van der Waals surface area (Å²) in [7, 11) is 0. The molecule has 0 amide bonds. The summed E-state index contributed by atoms with van der Waals surface area (Å²) in [5.41, 5.74) is 6.92. The molecule has 0 radical (unpaired) electrons. The lowest BCUT2D eigenvalue weighted by molar-refractivity contribution is 0.615. The smallest absolute Gasteiger partial charge is 0.147 e. The van der Waals surface area contributed by atoms with Crippen LogP contribution in [0.1, 0.15) is 12.0 Å². The van der Waals surface area contributed by atoms with Gasteiger partial charge < -0.3 is 10.3 Å². The molecule has 0 saturated carbocycles. The molecule has 84 valence electrons. The zero-order valence-electron chi connectivity index (χ0n) is 8.94. The Hall–Kier alpha value is -1.68. The number of benzene rings is 1. The molecular weight excluding hydrogens is 205 g/mol. The normalized spacial score (nSPS) is 10.6. The Kier molecular flexibility index (Phi) is 3.31. The van der Waals surface area contributed by atoms with Crippen LogP contribution in [0.3, 0.4) is 0 Å².